The number of nitrogens with zero attached hydrogens (tertiary/aromatic N) is 1. The van der Waals surface area contributed by atoms with Crippen LogP contribution in [0.3, 0.4) is 0 Å². The van der Waals surface area contributed by atoms with E-state index in [1.807, 2.05) is 4.90 Å². The quantitative estimate of drug-likeness (QED) is 0.466. The molecule has 0 aromatic heterocycles. The Morgan fingerprint density at radius 3 is 2.50 bits per heavy atom. The smallest absolute Gasteiger partial charge is 0.491 e. The summed E-state index contributed by atoms with van der Waals surface area (Å²) in [5.74, 6) is -2.12. The third-order valence-corrected chi connectivity index (χ3v) is 6.77. The highest BCUT2D eigenvalue weighted by Crippen LogP contribution is 2.45. The molecule has 36 heavy (non-hydrogen) atoms. The van der Waals surface area contributed by atoms with Gasteiger partial charge in [0.05, 0.1) is 22.9 Å². The summed E-state index contributed by atoms with van der Waals surface area (Å²) in [4.78, 5) is 14.2. The molecule has 13 heteroatoms. The zero-order valence-electron chi connectivity index (χ0n) is 19.1. The molecular formula is C23H23ClF4N2O5S. The highest BCUT2D eigenvalue weighted by Gasteiger charge is 2.33. The van der Waals surface area contributed by atoms with Crippen LogP contribution in [0.1, 0.15) is 47.5 Å². The molecular weight excluding hydrogens is 528 g/mol. The van der Waals surface area contributed by atoms with E-state index in [4.69, 9.17) is 16.3 Å². The third kappa shape index (κ3) is 6.52. The minimum Gasteiger partial charge on any atom is -0.491 e. The summed E-state index contributed by atoms with van der Waals surface area (Å²) < 4.78 is 86.7. The molecule has 1 amide bonds. The van der Waals surface area contributed by atoms with E-state index in [9.17, 15) is 30.8 Å². The summed E-state index contributed by atoms with van der Waals surface area (Å²) >= 11 is 6.00. The maximum Gasteiger partial charge on any atom is 0.573 e. The Labute approximate surface area is 210 Å². The maximum absolute atomic E-state index is 14.7. The summed E-state index contributed by atoms with van der Waals surface area (Å²) in [6.07, 6.45) is -0.856. The normalized spacial score (nSPS) is 18.3. The molecule has 0 bridgehead atoms. The zero-order chi connectivity index (χ0) is 26.3. The second-order valence-electron chi connectivity index (χ2n) is 8.81. The van der Waals surface area contributed by atoms with Crippen molar-refractivity contribution in [3.05, 3.63) is 52.3 Å². The average molecular weight is 551 g/mol. The highest BCUT2D eigenvalue weighted by molar-refractivity contribution is 7.89. The van der Waals surface area contributed by atoms with Crippen molar-refractivity contribution in [2.24, 2.45) is 0 Å². The molecule has 2 aromatic carbocycles. The topological polar surface area (TPSA) is 84.9 Å². The Balaban J connectivity index is 1.50. The SMILES string of the molecule is CS(=O)(=O)NC(=O)c1cc(C2CC2)c(OCC2CCCN2c2ccc(OC(F)(F)F)c(Cl)c2)cc1F. The van der Waals surface area contributed by atoms with E-state index in [0.717, 1.165) is 44.1 Å². The lowest BCUT2D eigenvalue weighted by atomic mass is 10.0. The van der Waals surface area contributed by atoms with Crippen LogP contribution in [0.5, 0.6) is 11.5 Å². The second kappa shape index (κ2) is 9.97. The fourth-order valence-corrected chi connectivity index (χ4v) is 4.88. The number of amides is 1. The Bertz CT molecular complexity index is 1270. The van der Waals surface area contributed by atoms with Gasteiger partial charge in [0.15, 0.2) is 0 Å². The number of hydrogen-bond acceptors (Lipinski definition) is 6. The molecule has 2 aliphatic rings. The first kappa shape index (κ1) is 26.3. The van der Waals surface area contributed by atoms with Crippen LogP contribution in [-0.2, 0) is 10.0 Å². The largest absolute Gasteiger partial charge is 0.573 e. The molecule has 1 unspecified atom stereocenters. The molecule has 1 saturated carbocycles. The number of carbonyl (C=O) groups is 1. The lowest BCUT2D eigenvalue weighted by molar-refractivity contribution is -0.274. The van der Waals surface area contributed by atoms with Gasteiger partial charge in [-0.15, -0.1) is 13.2 Å². The molecule has 0 radical (unpaired) electrons. The van der Waals surface area contributed by atoms with Crippen LogP contribution >= 0.6 is 11.6 Å². The predicted octanol–water partition coefficient (Wildman–Crippen LogP) is 4.99. The van der Waals surface area contributed by atoms with Gasteiger partial charge in [-0.1, -0.05) is 11.6 Å². The number of nitrogens with one attached hydrogen (secondary N) is 1. The first-order chi connectivity index (χ1) is 16.8. The molecule has 0 spiro atoms. The van der Waals surface area contributed by atoms with E-state index >= 15 is 0 Å². The number of halogens is 5. The number of ether oxygens (including phenoxy) is 2. The van der Waals surface area contributed by atoms with Crippen molar-refractivity contribution in [2.45, 2.75) is 44.0 Å². The number of rotatable bonds is 8. The van der Waals surface area contributed by atoms with Crippen molar-refractivity contribution in [2.75, 3.05) is 24.3 Å². The number of carbonyl (C=O) groups excluding carboxylic acids is 1. The van der Waals surface area contributed by atoms with Gasteiger partial charge in [-0.3, -0.25) is 4.79 Å². The monoisotopic (exact) mass is 550 g/mol. The van der Waals surface area contributed by atoms with Gasteiger partial charge in [0.25, 0.3) is 5.91 Å². The standard InChI is InChI=1S/C23H23ClF4N2O5S/c1-36(32,33)29-22(31)17-10-16(13-4-5-13)21(11-19(17)25)34-12-15-3-2-8-30(15)14-6-7-20(18(24)9-14)35-23(26,27)28/h6-7,9-11,13,15H,2-5,8,12H2,1H3,(H,29,31). The van der Waals surface area contributed by atoms with Gasteiger partial charge in [0.1, 0.15) is 23.9 Å². The van der Waals surface area contributed by atoms with Crippen molar-refractivity contribution in [1.82, 2.24) is 4.72 Å². The van der Waals surface area contributed by atoms with E-state index in [2.05, 4.69) is 4.74 Å². The van der Waals surface area contributed by atoms with Gasteiger partial charge in [0.2, 0.25) is 10.0 Å². The van der Waals surface area contributed by atoms with E-state index in [0.29, 0.717) is 17.8 Å². The van der Waals surface area contributed by atoms with Crippen LogP contribution in [0.4, 0.5) is 23.2 Å². The number of hydrogen-bond donors (Lipinski definition) is 1. The number of sulfonamides is 1. The van der Waals surface area contributed by atoms with Gasteiger partial charge in [-0.05, 0) is 61.4 Å². The molecule has 7 nitrogen and oxygen atoms in total. The Morgan fingerprint density at radius 1 is 1.17 bits per heavy atom. The molecule has 196 valence electrons. The van der Waals surface area contributed by atoms with Crippen LogP contribution in [0, 0.1) is 5.82 Å². The first-order valence-electron chi connectivity index (χ1n) is 11.1. The zero-order valence-corrected chi connectivity index (χ0v) is 20.6. The molecule has 1 N–H and O–H groups in total. The molecule has 1 heterocycles. The van der Waals surface area contributed by atoms with Crippen molar-refractivity contribution in [1.29, 1.82) is 0 Å². The van der Waals surface area contributed by atoms with Crippen molar-refractivity contribution in [3.8, 4) is 11.5 Å². The fraction of sp³-hybridized carbons (Fsp3) is 0.435. The van der Waals surface area contributed by atoms with Crippen molar-refractivity contribution >= 4 is 33.2 Å². The summed E-state index contributed by atoms with van der Waals surface area (Å²) in [6, 6.07) is 6.29. The fourth-order valence-electron chi connectivity index (χ4n) is 4.22. The van der Waals surface area contributed by atoms with Gasteiger partial charge in [-0.25, -0.2) is 17.5 Å². The maximum atomic E-state index is 14.7. The minimum atomic E-state index is -4.86. The van der Waals surface area contributed by atoms with Gasteiger partial charge in [0, 0.05) is 18.3 Å². The van der Waals surface area contributed by atoms with Crippen molar-refractivity contribution < 1.29 is 40.2 Å². The lowest BCUT2D eigenvalue weighted by Gasteiger charge is -2.28. The van der Waals surface area contributed by atoms with Gasteiger partial charge in [-0.2, -0.15) is 0 Å². The van der Waals surface area contributed by atoms with Crippen LogP contribution in [0.2, 0.25) is 5.02 Å². The number of alkyl halides is 3. The predicted molar refractivity (Wildman–Crippen MR) is 125 cm³/mol. The third-order valence-electron chi connectivity index (χ3n) is 5.92. The van der Waals surface area contributed by atoms with E-state index in [1.54, 1.807) is 4.72 Å². The molecule has 4 rings (SSSR count). The van der Waals surface area contributed by atoms with E-state index in [1.165, 1.54) is 18.2 Å². The Hall–Kier alpha value is -2.73. The van der Waals surface area contributed by atoms with E-state index in [-0.39, 0.29) is 34.9 Å². The molecule has 1 saturated heterocycles. The van der Waals surface area contributed by atoms with E-state index < -0.39 is 33.9 Å². The van der Waals surface area contributed by atoms with Crippen molar-refractivity contribution in [3.63, 3.8) is 0 Å². The molecule has 1 aliphatic heterocycles. The second-order valence-corrected chi connectivity index (χ2v) is 11.0. The van der Waals surface area contributed by atoms with Gasteiger partial charge < -0.3 is 14.4 Å². The number of anilines is 1. The Kier molecular flexibility index (Phi) is 7.29. The summed E-state index contributed by atoms with van der Waals surface area (Å²) in [5, 5.41) is -0.183. The van der Waals surface area contributed by atoms with Crippen LogP contribution in [0.25, 0.3) is 0 Å². The number of benzene rings is 2. The minimum absolute atomic E-state index is 0.0741. The van der Waals surface area contributed by atoms with Crippen LogP contribution in [-0.4, -0.2) is 46.1 Å². The lowest BCUT2D eigenvalue weighted by Crippen LogP contribution is -2.34. The van der Waals surface area contributed by atoms with Crippen LogP contribution < -0.4 is 19.1 Å². The molecule has 1 atom stereocenters. The Morgan fingerprint density at radius 2 is 1.89 bits per heavy atom. The summed E-state index contributed by atoms with van der Waals surface area (Å²) in [5.41, 5.74) is 0.839. The molecule has 2 aromatic rings. The van der Waals surface area contributed by atoms with Crippen LogP contribution in [0.15, 0.2) is 30.3 Å². The summed E-state index contributed by atoms with van der Waals surface area (Å²) in [6.45, 7) is 0.782. The highest BCUT2D eigenvalue weighted by atomic mass is 35.5. The summed E-state index contributed by atoms with van der Waals surface area (Å²) in [7, 11) is -3.86. The first-order valence-corrected chi connectivity index (χ1v) is 13.4. The average Bonchev–Trinajstić information content (AvgIpc) is 3.48. The molecule has 2 fully saturated rings. The van der Waals surface area contributed by atoms with Gasteiger partial charge >= 0.3 is 6.36 Å². The molecule has 1 aliphatic carbocycles.